The average molecular weight is 219 g/mol. The number of carbonyl (C=O) groups excluding carboxylic acids is 1. The van der Waals surface area contributed by atoms with E-state index < -0.39 is 5.97 Å². The fourth-order valence-corrected chi connectivity index (χ4v) is 1.20. The molecule has 14 heavy (non-hydrogen) atoms. The predicted octanol–water partition coefficient (Wildman–Crippen LogP) is 1.93. The number of methoxy groups -OCH3 is 1. The number of hydrogen-bond donors (Lipinski definition) is 2. The first-order valence-electron chi connectivity index (χ1n) is 3.69. The van der Waals surface area contributed by atoms with E-state index in [4.69, 9.17) is 11.6 Å². The van der Waals surface area contributed by atoms with Crippen molar-refractivity contribution in [2.24, 2.45) is 0 Å². The van der Waals surface area contributed by atoms with Crippen LogP contribution in [0, 0.1) is 0 Å². The Kier molecular flexibility index (Phi) is 3.67. The second-order valence-corrected chi connectivity index (χ2v) is 2.76. The quantitative estimate of drug-likeness (QED) is 0.462. The smallest absolute Gasteiger partial charge is 0.339 e. The molecule has 0 amide bonds. The highest BCUT2D eigenvalue weighted by Gasteiger charge is 2.12. The van der Waals surface area contributed by atoms with Crippen LogP contribution in [0.3, 0.4) is 0 Å². The van der Waals surface area contributed by atoms with E-state index in [9.17, 15) is 9.28 Å². The van der Waals surface area contributed by atoms with E-state index in [0.717, 1.165) is 0 Å². The van der Waals surface area contributed by atoms with E-state index in [-0.39, 0.29) is 16.3 Å². The molecule has 0 saturated heterocycles. The molecule has 0 spiro atoms. The molecule has 0 aromatic heterocycles. The lowest BCUT2D eigenvalue weighted by Gasteiger charge is -2.07. The van der Waals surface area contributed by atoms with Gasteiger partial charge in [0, 0.05) is 0 Å². The maximum absolute atomic E-state index is 11.7. The van der Waals surface area contributed by atoms with Crippen LogP contribution >= 0.6 is 11.6 Å². The van der Waals surface area contributed by atoms with Gasteiger partial charge in [0.05, 0.1) is 23.4 Å². The molecule has 76 valence electrons. The van der Waals surface area contributed by atoms with E-state index in [2.05, 4.69) is 10.2 Å². The van der Waals surface area contributed by atoms with E-state index in [1.165, 1.54) is 24.9 Å². The zero-order valence-electron chi connectivity index (χ0n) is 7.30. The van der Waals surface area contributed by atoms with Crippen molar-refractivity contribution < 1.29 is 14.0 Å². The molecule has 0 radical (unpaired) electrons. The van der Waals surface area contributed by atoms with Gasteiger partial charge < -0.3 is 4.74 Å². The van der Waals surface area contributed by atoms with Crippen LogP contribution in [0.2, 0.25) is 5.02 Å². The third-order valence-corrected chi connectivity index (χ3v) is 1.99. The van der Waals surface area contributed by atoms with Crippen molar-refractivity contribution in [3.63, 3.8) is 0 Å². The van der Waals surface area contributed by atoms with E-state index >= 15 is 0 Å². The minimum atomic E-state index is -0.572. The third kappa shape index (κ3) is 2.12. The monoisotopic (exact) mass is 218 g/mol. The molecule has 2 N–H and O–H groups in total. The molecule has 0 atom stereocenters. The van der Waals surface area contributed by atoms with Gasteiger partial charge in [0.15, 0.2) is 0 Å². The largest absolute Gasteiger partial charge is 0.465 e. The topological polar surface area (TPSA) is 50.4 Å². The summed E-state index contributed by atoms with van der Waals surface area (Å²) in [6, 6.07) is 4.55. The minimum Gasteiger partial charge on any atom is -0.465 e. The second-order valence-electron chi connectivity index (χ2n) is 2.38. The molecule has 1 rings (SSSR count). The van der Waals surface area contributed by atoms with Crippen LogP contribution in [0.1, 0.15) is 10.4 Å². The Balaban J connectivity index is 3.07. The van der Waals surface area contributed by atoms with Crippen LogP contribution < -0.4 is 11.1 Å². The van der Waals surface area contributed by atoms with Crippen LogP contribution in [-0.2, 0) is 4.74 Å². The Hall–Kier alpha value is -1.33. The Bertz CT molecular complexity index is 346. The molecule has 1 aromatic rings. The molecule has 0 aliphatic heterocycles. The van der Waals surface area contributed by atoms with Gasteiger partial charge in [-0.25, -0.2) is 4.79 Å². The molecule has 4 nitrogen and oxygen atoms in total. The standard InChI is InChI=1S/C8H8ClFN2O2/c1-14-8(13)5-3-2-4-6(7(5)9)11-12-10/h2-4,11-12H,1H3. The van der Waals surface area contributed by atoms with Crippen LogP contribution in [0.5, 0.6) is 0 Å². The van der Waals surface area contributed by atoms with Gasteiger partial charge in [-0.15, -0.1) is 4.48 Å². The van der Waals surface area contributed by atoms with Crippen molar-refractivity contribution >= 4 is 23.3 Å². The highest BCUT2D eigenvalue weighted by molar-refractivity contribution is 6.36. The molecule has 1 aromatic carbocycles. The molecule has 0 aliphatic rings. The lowest BCUT2D eigenvalue weighted by molar-refractivity contribution is 0.0601. The molecule has 0 saturated carbocycles. The Morgan fingerprint density at radius 1 is 1.57 bits per heavy atom. The van der Waals surface area contributed by atoms with Crippen molar-refractivity contribution in [2.45, 2.75) is 0 Å². The summed E-state index contributed by atoms with van der Waals surface area (Å²) >= 11 is 5.79. The van der Waals surface area contributed by atoms with Crippen molar-refractivity contribution in [3.8, 4) is 0 Å². The van der Waals surface area contributed by atoms with Crippen molar-refractivity contribution in [3.05, 3.63) is 28.8 Å². The molecule has 0 unspecified atom stereocenters. The molecule has 0 fully saturated rings. The summed E-state index contributed by atoms with van der Waals surface area (Å²) in [7, 11) is 1.24. The molecular formula is C8H8ClFN2O2. The first-order valence-corrected chi connectivity index (χ1v) is 4.07. The number of benzene rings is 1. The van der Waals surface area contributed by atoms with Gasteiger partial charge >= 0.3 is 5.97 Å². The number of rotatable bonds is 3. The number of anilines is 1. The summed E-state index contributed by atoms with van der Waals surface area (Å²) in [6.07, 6.45) is 0. The van der Waals surface area contributed by atoms with Crippen LogP contribution in [0.25, 0.3) is 0 Å². The molecule has 0 aliphatic carbocycles. The van der Waals surface area contributed by atoms with Gasteiger partial charge in [0.1, 0.15) is 0 Å². The highest BCUT2D eigenvalue weighted by atomic mass is 35.5. The number of ether oxygens (including phenoxy) is 1. The zero-order valence-corrected chi connectivity index (χ0v) is 8.06. The lowest BCUT2D eigenvalue weighted by atomic mass is 10.2. The van der Waals surface area contributed by atoms with Crippen LogP contribution in [0.4, 0.5) is 10.2 Å². The van der Waals surface area contributed by atoms with E-state index in [1.54, 1.807) is 6.07 Å². The fraction of sp³-hybridized carbons (Fsp3) is 0.125. The van der Waals surface area contributed by atoms with Gasteiger partial charge in [0.25, 0.3) is 0 Å². The third-order valence-electron chi connectivity index (χ3n) is 1.59. The first-order chi connectivity index (χ1) is 6.70. The SMILES string of the molecule is COC(=O)c1cccc(NNF)c1Cl. The van der Waals surface area contributed by atoms with Gasteiger partial charge in [0.2, 0.25) is 0 Å². The number of hydrogen-bond acceptors (Lipinski definition) is 4. The van der Waals surface area contributed by atoms with Crippen molar-refractivity contribution in [1.29, 1.82) is 0 Å². The number of esters is 1. The first kappa shape index (κ1) is 10.7. The average Bonchev–Trinajstić information content (AvgIpc) is 2.20. The molecule has 6 heteroatoms. The van der Waals surface area contributed by atoms with Crippen molar-refractivity contribution in [1.82, 2.24) is 5.65 Å². The summed E-state index contributed by atoms with van der Waals surface area (Å²) in [4.78, 5) is 11.1. The highest BCUT2D eigenvalue weighted by Crippen LogP contribution is 2.25. The number of carbonyl (C=O) groups is 1. The zero-order chi connectivity index (χ0) is 10.6. The second kappa shape index (κ2) is 4.78. The van der Waals surface area contributed by atoms with E-state index in [1.807, 2.05) is 0 Å². The summed E-state index contributed by atoms with van der Waals surface area (Å²) in [6.45, 7) is 0. The minimum absolute atomic E-state index is 0.101. The van der Waals surface area contributed by atoms with E-state index in [0.29, 0.717) is 0 Å². The number of hydrazine groups is 1. The lowest BCUT2D eigenvalue weighted by Crippen LogP contribution is -2.12. The van der Waals surface area contributed by atoms with Gasteiger partial charge in [-0.3, -0.25) is 5.43 Å². The molecular weight excluding hydrogens is 211 g/mol. The Morgan fingerprint density at radius 2 is 2.29 bits per heavy atom. The molecule has 0 bridgehead atoms. The van der Waals surface area contributed by atoms with Gasteiger partial charge in [-0.05, 0) is 12.1 Å². The maximum atomic E-state index is 11.7. The normalized spacial score (nSPS) is 9.64. The number of nitrogens with one attached hydrogen (secondary N) is 2. The maximum Gasteiger partial charge on any atom is 0.339 e. The summed E-state index contributed by atoms with van der Waals surface area (Å²) < 4.78 is 16.2. The number of halogens is 2. The Morgan fingerprint density at radius 3 is 2.86 bits per heavy atom. The van der Waals surface area contributed by atoms with Crippen molar-refractivity contribution in [2.75, 3.05) is 12.5 Å². The summed E-state index contributed by atoms with van der Waals surface area (Å²) in [5.74, 6) is -0.572. The fourth-order valence-electron chi connectivity index (χ4n) is 0.947. The Labute approximate surface area is 84.9 Å². The van der Waals surface area contributed by atoms with Crippen LogP contribution in [-0.4, -0.2) is 13.1 Å². The van der Waals surface area contributed by atoms with Crippen LogP contribution in [0.15, 0.2) is 18.2 Å². The predicted molar refractivity (Wildman–Crippen MR) is 50.7 cm³/mol. The summed E-state index contributed by atoms with van der Waals surface area (Å²) in [5.41, 5.74) is 3.80. The van der Waals surface area contributed by atoms with Gasteiger partial charge in [-0.1, -0.05) is 23.3 Å². The van der Waals surface area contributed by atoms with Gasteiger partial charge in [-0.2, -0.15) is 0 Å². The molecule has 0 heterocycles. The summed E-state index contributed by atoms with van der Waals surface area (Å²) in [5, 5.41) is 0.101.